The van der Waals surface area contributed by atoms with Crippen molar-refractivity contribution in [1.82, 2.24) is 10.3 Å². The second-order valence-electron chi connectivity index (χ2n) is 5.32. The molecule has 0 spiro atoms. The van der Waals surface area contributed by atoms with E-state index in [9.17, 15) is 4.79 Å². The first-order valence-corrected chi connectivity index (χ1v) is 7.94. The average molecular weight is 312 g/mol. The number of benzene rings is 1. The Bertz CT molecular complexity index is 653. The third-order valence-corrected chi connectivity index (χ3v) is 3.74. The van der Waals surface area contributed by atoms with Crippen molar-refractivity contribution in [3.63, 3.8) is 0 Å². The molecule has 23 heavy (non-hydrogen) atoms. The van der Waals surface area contributed by atoms with Gasteiger partial charge in [0, 0.05) is 31.5 Å². The zero-order valence-corrected chi connectivity index (χ0v) is 14.0. The van der Waals surface area contributed by atoms with E-state index in [1.165, 1.54) is 0 Å². The maximum absolute atomic E-state index is 12.0. The number of amides is 2. The molecule has 0 atom stereocenters. The zero-order chi connectivity index (χ0) is 16.7. The van der Waals surface area contributed by atoms with Gasteiger partial charge in [-0.15, -0.1) is 0 Å². The standard InChI is InChI=1S/C18H24N4O/c1-4-22(5-2)17-12-15(10-11-19-17)13-20-18(23)21-16-9-7-6-8-14(16)3/h6-12H,4-5,13H2,1-3H3,(H2,20,21,23). The Morgan fingerprint density at radius 3 is 2.61 bits per heavy atom. The van der Waals surface area contributed by atoms with Gasteiger partial charge in [-0.2, -0.15) is 0 Å². The predicted octanol–water partition coefficient (Wildman–Crippen LogP) is 3.56. The van der Waals surface area contributed by atoms with E-state index in [1.54, 1.807) is 6.20 Å². The Labute approximate surface area is 137 Å². The van der Waals surface area contributed by atoms with E-state index >= 15 is 0 Å². The molecule has 0 bridgehead atoms. The summed E-state index contributed by atoms with van der Waals surface area (Å²) in [6.07, 6.45) is 1.78. The summed E-state index contributed by atoms with van der Waals surface area (Å²) in [6, 6.07) is 11.4. The summed E-state index contributed by atoms with van der Waals surface area (Å²) in [4.78, 5) is 18.6. The monoisotopic (exact) mass is 312 g/mol. The van der Waals surface area contributed by atoms with Gasteiger partial charge >= 0.3 is 6.03 Å². The van der Waals surface area contributed by atoms with E-state index < -0.39 is 0 Å². The molecule has 0 aliphatic carbocycles. The number of aryl methyl sites for hydroxylation is 1. The molecule has 2 rings (SSSR count). The van der Waals surface area contributed by atoms with E-state index in [0.29, 0.717) is 6.54 Å². The molecule has 5 heteroatoms. The van der Waals surface area contributed by atoms with Gasteiger partial charge in [-0.3, -0.25) is 0 Å². The minimum atomic E-state index is -0.208. The van der Waals surface area contributed by atoms with Crippen molar-refractivity contribution in [3.05, 3.63) is 53.7 Å². The van der Waals surface area contributed by atoms with Crippen molar-refractivity contribution in [2.75, 3.05) is 23.3 Å². The van der Waals surface area contributed by atoms with Crippen LogP contribution in [0.15, 0.2) is 42.6 Å². The highest BCUT2D eigenvalue weighted by molar-refractivity contribution is 5.89. The Morgan fingerprint density at radius 2 is 1.91 bits per heavy atom. The number of aromatic nitrogens is 1. The summed E-state index contributed by atoms with van der Waals surface area (Å²) in [7, 11) is 0. The molecule has 122 valence electrons. The lowest BCUT2D eigenvalue weighted by Gasteiger charge is -2.20. The quantitative estimate of drug-likeness (QED) is 0.857. The van der Waals surface area contributed by atoms with E-state index in [4.69, 9.17) is 0 Å². The molecule has 2 N–H and O–H groups in total. The zero-order valence-electron chi connectivity index (χ0n) is 14.0. The van der Waals surface area contributed by atoms with Crippen LogP contribution in [0.2, 0.25) is 0 Å². The molecule has 0 saturated heterocycles. The molecular formula is C18H24N4O. The van der Waals surface area contributed by atoms with Crippen LogP contribution in [-0.4, -0.2) is 24.1 Å². The summed E-state index contributed by atoms with van der Waals surface area (Å²) in [5, 5.41) is 5.74. The van der Waals surface area contributed by atoms with E-state index in [2.05, 4.69) is 34.4 Å². The summed E-state index contributed by atoms with van der Waals surface area (Å²) >= 11 is 0. The van der Waals surface area contributed by atoms with Gasteiger partial charge in [0.05, 0.1) is 0 Å². The van der Waals surface area contributed by atoms with Crippen LogP contribution in [0.25, 0.3) is 0 Å². The van der Waals surface area contributed by atoms with Gasteiger partial charge in [0.15, 0.2) is 0 Å². The molecule has 0 radical (unpaired) electrons. The molecule has 0 saturated carbocycles. The van der Waals surface area contributed by atoms with Crippen LogP contribution in [0.1, 0.15) is 25.0 Å². The molecular weight excluding hydrogens is 288 g/mol. The van der Waals surface area contributed by atoms with Gasteiger partial charge in [-0.05, 0) is 50.1 Å². The maximum Gasteiger partial charge on any atom is 0.319 e. The van der Waals surface area contributed by atoms with Gasteiger partial charge in [-0.25, -0.2) is 9.78 Å². The minimum absolute atomic E-state index is 0.208. The number of para-hydroxylation sites is 1. The Hall–Kier alpha value is -2.56. The fourth-order valence-electron chi connectivity index (χ4n) is 2.35. The van der Waals surface area contributed by atoms with Crippen molar-refractivity contribution in [1.29, 1.82) is 0 Å². The second-order valence-corrected chi connectivity index (χ2v) is 5.32. The molecule has 0 aliphatic heterocycles. The third-order valence-electron chi connectivity index (χ3n) is 3.74. The van der Waals surface area contributed by atoms with Gasteiger partial charge in [-0.1, -0.05) is 18.2 Å². The fourth-order valence-corrected chi connectivity index (χ4v) is 2.35. The van der Waals surface area contributed by atoms with Crippen LogP contribution >= 0.6 is 0 Å². The lowest BCUT2D eigenvalue weighted by atomic mass is 10.2. The Kier molecular flexibility index (Phi) is 5.97. The average Bonchev–Trinajstić information content (AvgIpc) is 2.57. The SMILES string of the molecule is CCN(CC)c1cc(CNC(=O)Nc2ccccc2C)ccn1. The van der Waals surface area contributed by atoms with E-state index in [0.717, 1.165) is 35.7 Å². The van der Waals surface area contributed by atoms with Gasteiger partial charge < -0.3 is 15.5 Å². The molecule has 5 nitrogen and oxygen atoms in total. The van der Waals surface area contributed by atoms with Crippen molar-refractivity contribution in [2.24, 2.45) is 0 Å². The van der Waals surface area contributed by atoms with Gasteiger partial charge in [0.25, 0.3) is 0 Å². The first-order valence-electron chi connectivity index (χ1n) is 7.94. The van der Waals surface area contributed by atoms with Gasteiger partial charge in [0.2, 0.25) is 0 Å². The van der Waals surface area contributed by atoms with Crippen molar-refractivity contribution >= 4 is 17.5 Å². The highest BCUT2D eigenvalue weighted by Gasteiger charge is 2.06. The molecule has 2 aromatic rings. The number of nitrogens with zero attached hydrogens (tertiary/aromatic N) is 2. The Balaban J connectivity index is 1.94. The first-order chi connectivity index (χ1) is 11.1. The third kappa shape index (κ3) is 4.71. The number of hydrogen-bond donors (Lipinski definition) is 2. The molecule has 1 aromatic heterocycles. The van der Waals surface area contributed by atoms with Gasteiger partial charge in [0.1, 0.15) is 5.82 Å². The van der Waals surface area contributed by atoms with E-state index in [-0.39, 0.29) is 6.03 Å². The van der Waals surface area contributed by atoms with Crippen LogP contribution in [0, 0.1) is 6.92 Å². The number of rotatable bonds is 6. The number of hydrogen-bond acceptors (Lipinski definition) is 3. The molecule has 1 heterocycles. The highest BCUT2D eigenvalue weighted by Crippen LogP contribution is 2.14. The maximum atomic E-state index is 12.0. The summed E-state index contributed by atoms with van der Waals surface area (Å²) in [6.45, 7) is 8.46. The highest BCUT2D eigenvalue weighted by atomic mass is 16.2. The van der Waals surface area contributed by atoms with Crippen LogP contribution in [0.3, 0.4) is 0 Å². The number of nitrogens with one attached hydrogen (secondary N) is 2. The largest absolute Gasteiger partial charge is 0.357 e. The summed E-state index contributed by atoms with van der Waals surface area (Å²) < 4.78 is 0. The molecule has 0 fully saturated rings. The Morgan fingerprint density at radius 1 is 1.17 bits per heavy atom. The molecule has 0 aliphatic rings. The van der Waals surface area contributed by atoms with Crippen LogP contribution in [0.5, 0.6) is 0 Å². The minimum Gasteiger partial charge on any atom is -0.357 e. The number of anilines is 2. The van der Waals surface area contributed by atoms with Crippen LogP contribution < -0.4 is 15.5 Å². The van der Waals surface area contributed by atoms with Crippen LogP contribution in [-0.2, 0) is 6.54 Å². The van der Waals surface area contributed by atoms with Crippen molar-refractivity contribution in [3.8, 4) is 0 Å². The van der Waals surface area contributed by atoms with Crippen molar-refractivity contribution < 1.29 is 4.79 Å². The van der Waals surface area contributed by atoms with Crippen molar-refractivity contribution in [2.45, 2.75) is 27.3 Å². The van der Waals surface area contributed by atoms with Crippen LogP contribution in [0.4, 0.5) is 16.3 Å². The first kappa shape index (κ1) is 16.8. The number of pyridine rings is 1. The lowest BCUT2D eigenvalue weighted by Crippen LogP contribution is -2.28. The predicted molar refractivity (Wildman–Crippen MR) is 94.8 cm³/mol. The molecule has 1 aromatic carbocycles. The number of carbonyl (C=O) groups is 1. The normalized spacial score (nSPS) is 10.2. The second kappa shape index (κ2) is 8.17. The number of carbonyl (C=O) groups excluding carboxylic acids is 1. The molecule has 0 unspecified atom stereocenters. The smallest absolute Gasteiger partial charge is 0.319 e. The number of urea groups is 1. The molecule has 2 amide bonds. The fraction of sp³-hybridized carbons (Fsp3) is 0.333. The summed E-state index contributed by atoms with van der Waals surface area (Å²) in [5.74, 6) is 0.939. The van der Waals surface area contributed by atoms with E-state index in [1.807, 2.05) is 43.3 Å². The summed E-state index contributed by atoms with van der Waals surface area (Å²) in [5.41, 5.74) is 2.89. The lowest BCUT2D eigenvalue weighted by molar-refractivity contribution is 0.251. The topological polar surface area (TPSA) is 57.3 Å².